The van der Waals surface area contributed by atoms with Crippen LogP contribution >= 0.6 is 50.4 Å². The zero-order valence-corrected chi connectivity index (χ0v) is 15.5. The van der Waals surface area contributed by atoms with Gasteiger partial charge in [-0.25, -0.2) is 0 Å². The van der Waals surface area contributed by atoms with Crippen molar-refractivity contribution < 1.29 is 4.92 Å². The van der Waals surface area contributed by atoms with Crippen LogP contribution in [-0.4, -0.2) is 15.1 Å². The number of halogens is 1. The molecule has 0 aliphatic heterocycles. The van der Waals surface area contributed by atoms with Crippen LogP contribution in [0, 0.1) is 10.1 Å². The van der Waals surface area contributed by atoms with E-state index in [9.17, 15) is 10.1 Å². The first-order valence-electron chi connectivity index (χ1n) is 6.31. The number of nitro groups is 1. The molecule has 6 nitrogen and oxygen atoms in total. The predicted molar refractivity (Wildman–Crippen MR) is 97.9 cm³/mol. The normalized spacial score (nSPS) is 10.7. The lowest BCUT2D eigenvalue weighted by atomic mass is 10.3. The van der Waals surface area contributed by atoms with Crippen molar-refractivity contribution >= 4 is 66.2 Å². The Morgan fingerprint density at radius 1 is 1.35 bits per heavy atom. The molecule has 0 bridgehead atoms. The highest BCUT2D eigenvalue weighted by Gasteiger charge is 2.11. The summed E-state index contributed by atoms with van der Waals surface area (Å²) in [4.78, 5) is 10.3. The molecule has 0 atom stereocenters. The number of anilines is 2. The standard InChI is InChI=1S/C13H9BrN4O2S3/c14-9-2-1-3-10(5-9)15-12-16-17-13(23-12)22-7-8-4-11(18(19)20)21-6-8/h1-6H,7H2,(H,15,16). The third kappa shape index (κ3) is 4.50. The Morgan fingerprint density at radius 3 is 2.96 bits per heavy atom. The van der Waals surface area contributed by atoms with Gasteiger partial charge in [-0.3, -0.25) is 10.1 Å². The van der Waals surface area contributed by atoms with Crippen LogP contribution < -0.4 is 5.32 Å². The highest BCUT2D eigenvalue weighted by molar-refractivity contribution is 9.10. The van der Waals surface area contributed by atoms with Gasteiger partial charge in [0.1, 0.15) is 0 Å². The largest absolute Gasteiger partial charge is 0.330 e. The molecule has 0 unspecified atom stereocenters. The molecule has 0 fully saturated rings. The quantitative estimate of drug-likeness (QED) is 0.325. The van der Waals surface area contributed by atoms with Gasteiger partial charge >= 0.3 is 5.00 Å². The fourth-order valence-corrected chi connectivity index (χ4v) is 4.62. The summed E-state index contributed by atoms with van der Waals surface area (Å²) in [6, 6.07) is 9.39. The van der Waals surface area contributed by atoms with E-state index in [1.54, 1.807) is 11.4 Å². The van der Waals surface area contributed by atoms with Crippen molar-refractivity contribution in [3.63, 3.8) is 0 Å². The van der Waals surface area contributed by atoms with E-state index in [0.29, 0.717) is 10.9 Å². The number of hydrogen-bond acceptors (Lipinski definition) is 8. The molecule has 0 saturated carbocycles. The zero-order chi connectivity index (χ0) is 16.2. The van der Waals surface area contributed by atoms with Gasteiger partial charge in [0.25, 0.3) is 0 Å². The molecular formula is C13H9BrN4O2S3. The van der Waals surface area contributed by atoms with Gasteiger partial charge in [-0.05, 0) is 23.8 Å². The van der Waals surface area contributed by atoms with Gasteiger partial charge in [-0.2, -0.15) is 0 Å². The second kappa shape index (κ2) is 7.39. The fraction of sp³-hybridized carbons (Fsp3) is 0.0769. The van der Waals surface area contributed by atoms with Crippen LogP contribution in [0.3, 0.4) is 0 Å². The number of aromatic nitrogens is 2. The maximum Gasteiger partial charge on any atom is 0.324 e. The summed E-state index contributed by atoms with van der Waals surface area (Å²) in [7, 11) is 0. The molecule has 23 heavy (non-hydrogen) atoms. The topological polar surface area (TPSA) is 81.0 Å². The molecule has 3 rings (SSSR count). The molecular weight excluding hydrogens is 420 g/mol. The summed E-state index contributed by atoms with van der Waals surface area (Å²) < 4.78 is 1.80. The lowest BCUT2D eigenvalue weighted by Gasteiger charge is -2.01. The molecule has 10 heteroatoms. The SMILES string of the molecule is O=[N+]([O-])c1cc(CSc2nnc(Nc3cccc(Br)c3)s2)cs1. The van der Waals surface area contributed by atoms with E-state index in [1.165, 1.54) is 23.1 Å². The smallest absolute Gasteiger partial charge is 0.324 e. The van der Waals surface area contributed by atoms with Crippen molar-refractivity contribution in [3.05, 3.63) is 55.9 Å². The molecule has 0 saturated heterocycles. The first kappa shape index (κ1) is 16.4. The summed E-state index contributed by atoms with van der Waals surface area (Å²) in [6.07, 6.45) is 0. The Morgan fingerprint density at radius 2 is 2.22 bits per heavy atom. The highest BCUT2D eigenvalue weighted by Crippen LogP contribution is 2.32. The van der Waals surface area contributed by atoms with Crippen LogP contribution in [-0.2, 0) is 5.75 Å². The average Bonchev–Trinajstić information content (AvgIpc) is 3.14. The number of benzene rings is 1. The minimum absolute atomic E-state index is 0.162. The van der Waals surface area contributed by atoms with Gasteiger partial charge in [-0.15, -0.1) is 10.2 Å². The summed E-state index contributed by atoms with van der Waals surface area (Å²) in [5, 5.41) is 24.8. The molecule has 0 aliphatic carbocycles. The van der Waals surface area contributed by atoms with Crippen molar-refractivity contribution in [1.82, 2.24) is 10.2 Å². The number of thioether (sulfide) groups is 1. The number of hydrogen-bond donors (Lipinski definition) is 1. The minimum Gasteiger partial charge on any atom is -0.330 e. The number of thiophene rings is 1. The van der Waals surface area contributed by atoms with E-state index >= 15 is 0 Å². The van der Waals surface area contributed by atoms with Gasteiger partial charge in [0, 0.05) is 27.4 Å². The monoisotopic (exact) mass is 428 g/mol. The molecule has 1 aromatic carbocycles. The molecule has 0 radical (unpaired) electrons. The summed E-state index contributed by atoms with van der Waals surface area (Å²) in [6.45, 7) is 0. The fourth-order valence-electron chi connectivity index (χ4n) is 1.69. The maximum atomic E-state index is 10.7. The van der Waals surface area contributed by atoms with Crippen molar-refractivity contribution in [1.29, 1.82) is 0 Å². The minimum atomic E-state index is -0.371. The van der Waals surface area contributed by atoms with Gasteiger partial charge in [0.2, 0.25) is 5.13 Å². The second-order valence-corrected chi connectivity index (χ2v) is 8.35. The molecule has 0 amide bonds. The third-order valence-electron chi connectivity index (χ3n) is 2.66. The number of nitrogens with one attached hydrogen (secondary N) is 1. The number of nitrogens with zero attached hydrogens (tertiary/aromatic N) is 3. The molecule has 0 aliphatic rings. The van der Waals surface area contributed by atoms with Gasteiger partial charge < -0.3 is 5.32 Å². The lowest BCUT2D eigenvalue weighted by molar-refractivity contribution is -0.380. The number of rotatable bonds is 6. The molecule has 2 heterocycles. The van der Waals surface area contributed by atoms with Crippen LogP contribution in [0.5, 0.6) is 0 Å². The predicted octanol–water partition coefficient (Wildman–Crippen LogP) is 5.31. The third-order valence-corrected chi connectivity index (χ3v) is 6.13. The highest BCUT2D eigenvalue weighted by atomic mass is 79.9. The summed E-state index contributed by atoms with van der Waals surface area (Å²) in [5.74, 6) is 0.635. The first-order valence-corrected chi connectivity index (χ1v) is 9.78. The van der Waals surface area contributed by atoms with Crippen LogP contribution in [0.4, 0.5) is 15.8 Å². The van der Waals surface area contributed by atoms with Crippen LogP contribution in [0.25, 0.3) is 0 Å². The van der Waals surface area contributed by atoms with Gasteiger partial charge in [0.15, 0.2) is 4.34 Å². The average molecular weight is 429 g/mol. The van der Waals surface area contributed by atoms with Crippen LogP contribution in [0.1, 0.15) is 5.56 Å². The molecule has 2 aromatic heterocycles. The van der Waals surface area contributed by atoms with Crippen molar-refractivity contribution in [2.24, 2.45) is 0 Å². The molecule has 3 aromatic rings. The maximum absolute atomic E-state index is 10.7. The van der Waals surface area contributed by atoms with Crippen LogP contribution in [0.15, 0.2) is 44.5 Å². The molecule has 118 valence electrons. The lowest BCUT2D eigenvalue weighted by Crippen LogP contribution is -1.88. The van der Waals surface area contributed by atoms with Crippen LogP contribution in [0.2, 0.25) is 0 Å². The Hall–Kier alpha value is -1.49. The van der Waals surface area contributed by atoms with E-state index in [2.05, 4.69) is 31.4 Å². The van der Waals surface area contributed by atoms with Gasteiger partial charge in [-0.1, -0.05) is 56.4 Å². The Bertz CT molecular complexity index is 836. The zero-order valence-electron chi connectivity index (χ0n) is 11.4. The molecule has 0 spiro atoms. The second-order valence-electron chi connectivity index (χ2n) is 4.35. The summed E-state index contributed by atoms with van der Waals surface area (Å²) >= 11 is 7.52. The summed E-state index contributed by atoms with van der Waals surface area (Å²) in [5.41, 5.74) is 1.85. The Balaban J connectivity index is 1.59. The van der Waals surface area contributed by atoms with Crippen molar-refractivity contribution in [3.8, 4) is 0 Å². The van der Waals surface area contributed by atoms with Crippen molar-refractivity contribution in [2.75, 3.05) is 5.32 Å². The van der Waals surface area contributed by atoms with E-state index in [1.807, 2.05) is 24.3 Å². The van der Waals surface area contributed by atoms with E-state index in [4.69, 9.17) is 0 Å². The van der Waals surface area contributed by atoms with E-state index in [-0.39, 0.29) is 9.92 Å². The Labute approximate surface area is 152 Å². The first-order chi connectivity index (χ1) is 11.1. The van der Waals surface area contributed by atoms with Crippen molar-refractivity contribution in [2.45, 2.75) is 10.1 Å². The van der Waals surface area contributed by atoms with E-state index in [0.717, 1.165) is 31.4 Å². The Kier molecular flexibility index (Phi) is 5.26. The van der Waals surface area contributed by atoms with Gasteiger partial charge in [0.05, 0.1) is 4.92 Å². The molecule has 1 N–H and O–H groups in total. The van der Waals surface area contributed by atoms with E-state index < -0.39 is 0 Å².